The first-order chi connectivity index (χ1) is 37.8. The number of nitrogens with zero attached hydrogens (tertiary/aromatic N) is 4. The third kappa shape index (κ3) is 11.4. The first-order valence-corrected chi connectivity index (χ1v) is 26.9. The van der Waals surface area contributed by atoms with Crippen molar-refractivity contribution >= 4 is 52.1 Å². The molecule has 22 heteroatoms. The summed E-state index contributed by atoms with van der Waals surface area (Å²) in [5, 5.41) is 42.5. The van der Waals surface area contributed by atoms with Gasteiger partial charge in [0.1, 0.15) is 23.8 Å². The Morgan fingerprint density at radius 2 is 1.52 bits per heavy atom. The highest BCUT2D eigenvalue weighted by atomic mass is 19.1. The number of piperazine rings is 1. The molecule has 440 valence electrons. The van der Waals surface area contributed by atoms with Crippen LogP contribution in [-0.2, 0) is 19.2 Å². The number of esters is 2. The van der Waals surface area contributed by atoms with E-state index in [-0.39, 0.29) is 47.6 Å². The van der Waals surface area contributed by atoms with Crippen molar-refractivity contribution in [2.75, 3.05) is 64.2 Å². The number of Topliss-reactive ketones (excluding diaryl/α,β-unsaturated/α-hetero) is 1. The Bertz CT molecular complexity index is 3110. The number of methoxy groups -OCH3 is 2. The predicted octanol–water partition coefficient (Wildman–Crippen LogP) is 6.40. The summed E-state index contributed by atoms with van der Waals surface area (Å²) in [6.07, 6.45) is 4.66. The first-order valence-electron chi connectivity index (χ1n) is 26.9. The number of rotatable bonds is 10. The van der Waals surface area contributed by atoms with E-state index in [1.165, 1.54) is 18.4 Å². The number of amides is 1. The molecule has 1 saturated heterocycles. The molecule has 9 rings (SSSR count). The van der Waals surface area contributed by atoms with E-state index in [0.29, 0.717) is 90.9 Å². The number of halogens is 2. The van der Waals surface area contributed by atoms with Gasteiger partial charge in [0.15, 0.2) is 46.0 Å². The van der Waals surface area contributed by atoms with E-state index in [0.717, 1.165) is 12.1 Å². The number of alkyl halides is 1. The van der Waals surface area contributed by atoms with Crippen molar-refractivity contribution in [3.63, 3.8) is 0 Å². The van der Waals surface area contributed by atoms with Crippen LogP contribution in [0.4, 0.5) is 20.5 Å². The molecule has 0 radical (unpaired) electrons. The number of hydrogen-bond donors (Lipinski definition) is 6. The molecule has 1 amide bonds. The molecule has 2 aromatic heterocycles. The molecule has 3 heterocycles. The molecule has 81 heavy (non-hydrogen) atoms. The quantitative estimate of drug-likeness (QED) is 0.0739. The first kappa shape index (κ1) is 61.8. The van der Waals surface area contributed by atoms with Crippen LogP contribution in [0.15, 0.2) is 70.9 Å². The molecule has 5 aliphatic rings. The maximum Gasteiger partial charge on any atom is 0.316 e. The van der Waals surface area contributed by atoms with E-state index in [2.05, 4.69) is 9.97 Å². The molecule has 3 saturated carbocycles. The number of aromatic nitrogens is 2. The predicted molar refractivity (Wildman–Crippen MR) is 294 cm³/mol. The van der Waals surface area contributed by atoms with Crippen molar-refractivity contribution in [2.45, 2.75) is 111 Å². The summed E-state index contributed by atoms with van der Waals surface area (Å²) in [7, 11) is 3.14. The second kappa shape index (κ2) is 23.2. The van der Waals surface area contributed by atoms with Crippen LogP contribution in [0.1, 0.15) is 110 Å². The number of ether oxygens (including phenoxy) is 4. The van der Waals surface area contributed by atoms with Crippen molar-refractivity contribution in [2.24, 2.45) is 45.1 Å². The summed E-state index contributed by atoms with van der Waals surface area (Å²) < 4.78 is 57.4. The zero-order valence-electron chi connectivity index (χ0n) is 47.8. The zero-order valence-corrected chi connectivity index (χ0v) is 47.8. The van der Waals surface area contributed by atoms with Crippen molar-refractivity contribution in [3.8, 4) is 23.0 Å². The molecular weight excluding hydrogens is 1050 g/mol. The van der Waals surface area contributed by atoms with E-state index in [4.69, 9.17) is 34.8 Å². The van der Waals surface area contributed by atoms with E-state index < -0.39 is 87.1 Å². The summed E-state index contributed by atoms with van der Waals surface area (Å²) >= 11 is 0. The molecule has 4 aliphatic carbocycles. The minimum atomic E-state index is -1.98. The number of hydrogen-bond acceptors (Lipinski definition) is 19. The highest BCUT2D eigenvalue weighted by molar-refractivity contribution is 6.01. The number of nitrogen functional groups attached to an aromatic ring is 1. The average Bonchev–Trinajstić information content (AvgIpc) is 2.70. The number of furan rings is 1. The normalized spacial score (nSPS) is 27.2. The van der Waals surface area contributed by atoms with Gasteiger partial charge in [-0.05, 0) is 122 Å². The highest BCUT2D eigenvalue weighted by Crippen LogP contribution is 2.70. The Labute approximate surface area is 469 Å². The molecule has 4 aromatic rings. The van der Waals surface area contributed by atoms with Crippen LogP contribution < -0.4 is 35.3 Å². The Hall–Kier alpha value is -6.85. The van der Waals surface area contributed by atoms with Gasteiger partial charge >= 0.3 is 11.9 Å². The minimum absolute atomic E-state index is 0.0676. The smallest absolute Gasteiger partial charge is 0.316 e. The molecule has 0 spiro atoms. The Kier molecular flexibility index (Phi) is 17.7. The summed E-state index contributed by atoms with van der Waals surface area (Å²) in [5.41, 5.74) is 5.23. The van der Waals surface area contributed by atoms with Crippen molar-refractivity contribution in [3.05, 3.63) is 83.6 Å². The third-order valence-electron chi connectivity index (χ3n) is 16.9. The number of ketones is 2. The van der Waals surface area contributed by atoms with Crippen LogP contribution in [-0.4, -0.2) is 136 Å². The largest absolute Gasteiger partial charge is 0.493 e. The fraction of sp³-hybridized carbons (Fsp3) is 0.542. The molecule has 8 N–H and O–H groups in total. The third-order valence-corrected chi connectivity index (χ3v) is 16.9. The van der Waals surface area contributed by atoms with Crippen molar-refractivity contribution in [1.82, 2.24) is 14.9 Å². The lowest BCUT2D eigenvalue weighted by Gasteiger charge is -2.62. The Balaban J connectivity index is 0.000000176. The van der Waals surface area contributed by atoms with Crippen LogP contribution in [0, 0.1) is 45.2 Å². The van der Waals surface area contributed by atoms with Crippen LogP contribution in [0.3, 0.4) is 0 Å². The number of carbonyl (C=O) groups excluding carboxylic acids is 5. The van der Waals surface area contributed by atoms with E-state index in [9.17, 15) is 48.8 Å². The molecule has 20 nitrogen and oxygen atoms in total. The number of benzene rings is 2. The fourth-order valence-corrected chi connectivity index (χ4v) is 12.1. The van der Waals surface area contributed by atoms with Gasteiger partial charge in [-0.1, -0.05) is 25.5 Å². The SMILES string of the molecule is CC(C)(C)C(=O)Oc1cc(F)c(C(O)CN)cc1OC(=O)C(C)(C)C.COc1cc2nc(N3CCN(C(=O)c4ccco4)CC3)nc(N)c2cc1OC.C[C@@H]1C[C@H]2[C@@H]3CCC4=CC(=O)C=C[C@]4(C)[C@@]3(F)[C@@H](O)C[C@]2(C)[C@@]1(O)C(=O)CO. The Morgan fingerprint density at radius 3 is 2.07 bits per heavy atom. The van der Waals surface area contributed by atoms with Gasteiger partial charge in [0, 0.05) is 72.6 Å². The lowest BCUT2D eigenvalue weighted by Crippen LogP contribution is -2.69. The monoisotopic (exact) mass is 1130 g/mol. The van der Waals surface area contributed by atoms with Crippen molar-refractivity contribution in [1.29, 1.82) is 0 Å². The van der Waals surface area contributed by atoms with Gasteiger partial charge in [-0.3, -0.25) is 24.0 Å². The summed E-state index contributed by atoms with van der Waals surface area (Å²) in [5.74, 6) is -2.25. The fourth-order valence-electron chi connectivity index (χ4n) is 12.1. The Morgan fingerprint density at radius 1 is 0.914 bits per heavy atom. The summed E-state index contributed by atoms with van der Waals surface area (Å²) in [6.45, 7) is 16.4. The number of fused-ring (bicyclic) bond motifs is 6. The highest BCUT2D eigenvalue weighted by Gasteiger charge is 2.75. The van der Waals surface area contributed by atoms with Gasteiger partial charge in [-0.25, -0.2) is 13.8 Å². The van der Waals surface area contributed by atoms with Crippen LogP contribution in [0.5, 0.6) is 23.0 Å². The van der Waals surface area contributed by atoms with E-state index in [1.807, 2.05) is 4.90 Å². The van der Waals surface area contributed by atoms with Gasteiger partial charge < -0.3 is 65.1 Å². The van der Waals surface area contributed by atoms with Gasteiger partial charge in [-0.15, -0.1) is 0 Å². The van der Waals surface area contributed by atoms with Crippen LogP contribution >= 0.6 is 0 Å². The lowest BCUT2D eigenvalue weighted by molar-refractivity contribution is -0.219. The molecule has 1 aliphatic heterocycles. The van der Waals surface area contributed by atoms with E-state index >= 15 is 4.39 Å². The summed E-state index contributed by atoms with van der Waals surface area (Å²) in [4.78, 5) is 73.9. The van der Waals surface area contributed by atoms with Crippen LogP contribution in [0.25, 0.3) is 10.9 Å². The molecule has 9 atom stereocenters. The van der Waals surface area contributed by atoms with Crippen molar-refractivity contribution < 1.29 is 76.5 Å². The minimum Gasteiger partial charge on any atom is -0.493 e. The maximum absolute atomic E-state index is 16.9. The number of aliphatic hydroxyl groups excluding tert-OH is 3. The lowest BCUT2D eigenvalue weighted by atomic mass is 9.44. The zero-order chi connectivity index (χ0) is 59.9. The van der Waals surface area contributed by atoms with Gasteiger partial charge in [-0.2, -0.15) is 4.98 Å². The number of carbonyl (C=O) groups is 5. The molecule has 2 aromatic carbocycles. The molecule has 4 fully saturated rings. The second-order valence-corrected chi connectivity index (χ2v) is 24.0. The number of anilines is 2. The van der Waals surface area contributed by atoms with Gasteiger partial charge in [0.25, 0.3) is 5.91 Å². The number of aliphatic hydroxyl groups is 4. The molecule has 1 unspecified atom stereocenters. The standard InChI is InChI=1S/C22H29FO5.C19H21N5O4.C18H26FNO5/c1-12-8-16-15-5-4-13-9-14(25)6-7-19(13,2)21(15,23)17(26)10-20(16,3)22(12,28)18(27)11-24;1-26-15-10-12-13(11-16(15)27-2)21-19(22-17(12)20)24-7-5-23(6-8-24)18(25)14-4-3-9-28-14;1-17(2,3)15(22)24-13-7-10(12(21)9-20)11(19)8-14(13)25-16(23)18(4,5)6/h6-7,9,12,15-17,24,26,28H,4-5,8,10-11H2,1-3H3;3-4,9-11H,5-8H2,1-2H3,(H2,20,21,22);7-8,12,21H,9,20H2,1-6H3/t12-,15+,16+,17+,19+,20+,21+,22+;;/m1../s1. The molecular formula is C59H76F2N6O14. The van der Waals surface area contributed by atoms with Gasteiger partial charge in [0.05, 0.1) is 49.0 Å². The topological polar surface area (TPSA) is 301 Å². The average molecular weight is 1130 g/mol. The van der Waals surface area contributed by atoms with Gasteiger partial charge in [0.2, 0.25) is 5.95 Å². The summed E-state index contributed by atoms with van der Waals surface area (Å²) in [6, 6.07) is 8.96. The maximum atomic E-state index is 16.9. The number of allylic oxidation sites excluding steroid dienone is 4. The van der Waals surface area contributed by atoms with E-state index in [1.54, 1.807) is 112 Å². The number of nitrogens with two attached hydrogens (primary N) is 2. The molecule has 0 bridgehead atoms. The van der Waals surface area contributed by atoms with Crippen LogP contribution in [0.2, 0.25) is 0 Å². The second-order valence-electron chi connectivity index (χ2n) is 24.0.